The summed E-state index contributed by atoms with van der Waals surface area (Å²) in [6.07, 6.45) is 2.69. The third-order valence-corrected chi connectivity index (χ3v) is 3.21. The van der Waals surface area contributed by atoms with Crippen molar-refractivity contribution in [2.45, 2.75) is 26.4 Å². The van der Waals surface area contributed by atoms with Crippen molar-refractivity contribution in [1.29, 1.82) is 0 Å². The molecule has 2 N–H and O–H groups in total. The summed E-state index contributed by atoms with van der Waals surface area (Å²) in [4.78, 5) is 6.28. The van der Waals surface area contributed by atoms with E-state index in [1.165, 1.54) is 6.07 Å². The van der Waals surface area contributed by atoms with Crippen LogP contribution in [0.5, 0.6) is 0 Å². The van der Waals surface area contributed by atoms with Crippen LogP contribution in [0.15, 0.2) is 42.6 Å². The average molecular weight is 273 g/mol. The number of nitrogen functional groups attached to an aromatic ring is 1. The third kappa shape index (κ3) is 3.78. The summed E-state index contributed by atoms with van der Waals surface area (Å²) in [7, 11) is 0. The van der Waals surface area contributed by atoms with E-state index < -0.39 is 0 Å². The minimum Gasteiger partial charge on any atom is -0.383 e. The first-order valence-corrected chi connectivity index (χ1v) is 6.86. The molecule has 0 unspecified atom stereocenters. The molecule has 0 saturated heterocycles. The smallest absolute Gasteiger partial charge is 0.127 e. The number of rotatable bonds is 6. The van der Waals surface area contributed by atoms with Crippen LogP contribution in [0.2, 0.25) is 0 Å². The maximum atomic E-state index is 13.7. The molecule has 1 aromatic carbocycles. The Hall–Kier alpha value is -1.94. The number of benzene rings is 1. The molecule has 0 aliphatic heterocycles. The summed E-state index contributed by atoms with van der Waals surface area (Å²) < 4.78 is 13.7. The molecule has 3 nitrogen and oxygen atoms in total. The first-order valence-electron chi connectivity index (χ1n) is 6.86. The monoisotopic (exact) mass is 273 g/mol. The van der Waals surface area contributed by atoms with E-state index >= 15 is 0 Å². The molecule has 0 aliphatic rings. The van der Waals surface area contributed by atoms with Crippen LogP contribution in [-0.2, 0) is 13.1 Å². The standard InChI is InChI=1S/C16H20FN3/c1-2-10-20(11-13-6-3-4-8-15(13)17)12-14-7-5-9-19-16(14)18/h3-9H,2,10-12H2,1H3,(H2,18,19). The fraction of sp³-hybridized carbons (Fsp3) is 0.312. The van der Waals surface area contributed by atoms with E-state index in [9.17, 15) is 4.39 Å². The van der Waals surface area contributed by atoms with Crippen LogP contribution in [-0.4, -0.2) is 16.4 Å². The highest BCUT2D eigenvalue weighted by Gasteiger charge is 2.10. The average Bonchev–Trinajstić information content (AvgIpc) is 2.44. The van der Waals surface area contributed by atoms with Gasteiger partial charge in [-0.15, -0.1) is 0 Å². The number of halogens is 1. The summed E-state index contributed by atoms with van der Waals surface area (Å²) in [6, 6.07) is 10.7. The van der Waals surface area contributed by atoms with E-state index in [2.05, 4.69) is 16.8 Å². The quantitative estimate of drug-likeness (QED) is 0.878. The normalized spacial score (nSPS) is 10.9. The Bertz CT molecular complexity index is 509. The minimum atomic E-state index is -0.159. The van der Waals surface area contributed by atoms with Gasteiger partial charge in [0, 0.05) is 30.4 Å². The second kappa shape index (κ2) is 7.01. The van der Waals surface area contributed by atoms with E-state index in [1.807, 2.05) is 24.3 Å². The number of hydrogen-bond acceptors (Lipinski definition) is 3. The molecular weight excluding hydrogens is 253 g/mol. The fourth-order valence-electron chi connectivity index (χ4n) is 2.22. The van der Waals surface area contributed by atoms with Crippen molar-refractivity contribution in [3.63, 3.8) is 0 Å². The summed E-state index contributed by atoms with van der Waals surface area (Å²) in [6.45, 7) is 4.26. The van der Waals surface area contributed by atoms with Crippen LogP contribution in [0.25, 0.3) is 0 Å². The molecule has 20 heavy (non-hydrogen) atoms. The highest BCUT2D eigenvalue weighted by atomic mass is 19.1. The van der Waals surface area contributed by atoms with Crippen LogP contribution < -0.4 is 5.73 Å². The lowest BCUT2D eigenvalue weighted by Gasteiger charge is -2.22. The van der Waals surface area contributed by atoms with Gasteiger partial charge >= 0.3 is 0 Å². The lowest BCUT2D eigenvalue weighted by Crippen LogP contribution is -2.24. The lowest BCUT2D eigenvalue weighted by atomic mass is 10.1. The Morgan fingerprint density at radius 2 is 1.80 bits per heavy atom. The van der Waals surface area contributed by atoms with Gasteiger partial charge in [-0.1, -0.05) is 31.2 Å². The molecule has 0 atom stereocenters. The SMILES string of the molecule is CCCN(Cc1ccccc1F)Cc1cccnc1N. The molecule has 1 aromatic heterocycles. The topological polar surface area (TPSA) is 42.2 Å². The molecule has 2 rings (SSSR count). The van der Waals surface area contributed by atoms with E-state index in [0.717, 1.165) is 18.5 Å². The van der Waals surface area contributed by atoms with Crippen molar-refractivity contribution in [1.82, 2.24) is 9.88 Å². The molecule has 0 bridgehead atoms. The summed E-state index contributed by atoms with van der Waals surface area (Å²) in [5, 5.41) is 0. The van der Waals surface area contributed by atoms with Gasteiger partial charge in [0.05, 0.1) is 0 Å². The predicted octanol–water partition coefficient (Wildman–Crippen LogP) is 3.22. The van der Waals surface area contributed by atoms with Crippen LogP contribution in [0.1, 0.15) is 24.5 Å². The van der Waals surface area contributed by atoms with Crippen molar-refractivity contribution < 1.29 is 4.39 Å². The molecule has 0 amide bonds. The maximum absolute atomic E-state index is 13.7. The van der Waals surface area contributed by atoms with Gasteiger partial charge < -0.3 is 5.73 Å². The Morgan fingerprint density at radius 3 is 2.50 bits per heavy atom. The second-order valence-corrected chi connectivity index (χ2v) is 4.85. The number of hydrogen-bond donors (Lipinski definition) is 1. The lowest BCUT2D eigenvalue weighted by molar-refractivity contribution is 0.254. The largest absolute Gasteiger partial charge is 0.383 e. The Balaban J connectivity index is 2.12. The second-order valence-electron chi connectivity index (χ2n) is 4.85. The van der Waals surface area contributed by atoms with Crippen LogP contribution in [0.3, 0.4) is 0 Å². The Kier molecular flexibility index (Phi) is 5.07. The van der Waals surface area contributed by atoms with Gasteiger partial charge in [-0.05, 0) is 25.1 Å². The molecular formula is C16H20FN3. The van der Waals surface area contributed by atoms with Crippen LogP contribution in [0.4, 0.5) is 10.2 Å². The zero-order valence-electron chi connectivity index (χ0n) is 11.7. The minimum absolute atomic E-state index is 0.159. The first-order chi connectivity index (χ1) is 9.70. The first kappa shape index (κ1) is 14.5. The zero-order chi connectivity index (χ0) is 14.4. The Morgan fingerprint density at radius 1 is 1.10 bits per heavy atom. The third-order valence-electron chi connectivity index (χ3n) is 3.21. The van der Waals surface area contributed by atoms with E-state index in [-0.39, 0.29) is 5.82 Å². The van der Waals surface area contributed by atoms with Crippen molar-refractivity contribution >= 4 is 5.82 Å². The van der Waals surface area contributed by atoms with Gasteiger partial charge in [-0.3, -0.25) is 4.90 Å². The highest BCUT2D eigenvalue weighted by Crippen LogP contribution is 2.15. The maximum Gasteiger partial charge on any atom is 0.127 e. The summed E-state index contributed by atoms with van der Waals surface area (Å²) in [5.41, 5.74) is 7.57. The van der Waals surface area contributed by atoms with Gasteiger partial charge in [0.15, 0.2) is 0 Å². The number of nitrogens with zero attached hydrogens (tertiary/aromatic N) is 2. The van der Waals surface area contributed by atoms with Gasteiger partial charge in [0.1, 0.15) is 11.6 Å². The number of anilines is 1. The Labute approximate surface area is 119 Å². The van der Waals surface area contributed by atoms with Gasteiger partial charge in [-0.25, -0.2) is 9.37 Å². The number of pyridine rings is 1. The van der Waals surface area contributed by atoms with E-state index in [1.54, 1.807) is 12.3 Å². The predicted molar refractivity (Wildman–Crippen MR) is 79.5 cm³/mol. The molecule has 0 fully saturated rings. The number of nitrogens with two attached hydrogens (primary N) is 1. The molecule has 0 spiro atoms. The molecule has 2 aromatic rings. The van der Waals surface area contributed by atoms with Crippen LogP contribution in [0, 0.1) is 5.82 Å². The molecule has 106 valence electrons. The summed E-state index contributed by atoms with van der Waals surface area (Å²) >= 11 is 0. The summed E-state index contributed by atoms with van der Waals surface area (Å²) in [5.74, 6) is 0.384. The van der Waals surface area contributed by atoms with Crippen LogP contribution >= 0.6 is 0 Å². The van der Waals surface area contributed by atoms with E-state index in [4.69, 9.17) is 5.73 Å². The zero-order valence-corrected chi connectivity index (χ0v) is 11.7. The molecule has 1 heterocycles. The van der Waals surface area contributed by atoms with Crippen molar-refractivity contribution in [3.05, 3.63) is 59.5 Å². The van der Waals surface area contributed by atoms with Crippen molar-refractivity contribution in [3.8, 4) is 0 Å². The molecule has 0 saturated carbocycles. The molecule has 0 radical (unpaired) electrons. The highest BCUT2D eigenvalue weighted by molar-refractivity contribution is 5.38. The van der Waals surface area contributed by atoms with Gasteiger partial charge in [0.25, 0.3) is 0 Å². The molecule has 0 aliphatic carbocycles. The van der Waals surface area contributed by atoms with E-state index in [0.29, 0.717) is 24.5 Å². The molecule has 4 heteroatoms. The van der Waals surface area contributed by atoms with Gasteiger partial charge in [0.2, 0.25) is 0 Å². The fourth-order valence-corrected chi connectivity index (χ4v) is 2.22. The van der Waals surface area contributed by atoms with Crippen molar-refractivity contribution in [2.75, 3.05) is 12.3 Å². The van der Waals surface area contributed by atoms with Crippen molar-refractivity contribution in [2.24, 2.45) is 0 Å². The number of aromatic nitrogens is 1. The van der Waals surface area contributed by atoms with Gasteiger partial charge in [-0.2, -0.15) is 0 Å².